The topological polar surface area (TPSA) is 76.1 Å². The Morgan fingerprint density at radius 2 is 2.12 bits per heavy atom. The fourth-order valence-electron chi connectivity index (χ4n) is 0.877. The van der Waals surface area contributed by atoms with Crippen LogP contribution in [0.5, 0.6) is 0 Å². The molecule has 0 aliphatic heterocycles. The number of hydrogen-bond acceptors (Lipinski definition) is 4. The van der Waals surface area contributed by atoms with Crippen molar-refractivity contribution in [3.63, 3.8) is 0 Å². The fourth-order valence-corrected chi connectivity index (χ4v) is 2.44. The van der Waals surface area contributed by atoms with Crippen LogP contribution in [0.2, 0.25) is 5.15 Å². The minimum atomic E-state index is -3.93. The van der Waals surface area contributed by atoms with Crippen LogP contribution in [0.1, 0.15) is 13.8 Å². The molecule has 1 aromatic rings. The number of nitrogens with zero attached hydrogens (tertiary/aromatic N) is 1. The molecule has 0 fully saturated rings. The molecule has 0 spiro atoms. The van der Waals surface area contributed by atoms with Gasteiger partial charge in [-0.05, 0) is 12.1 Å². The standard InChI is InChI=1S/C9H11ClN2O3S/c1-6(2)9(13)12-16(14,15)7-4-3-5-11-8(7)10/h3-6H,1-2H3,(H,12,13). The maximum atomic E-state index is 11.7. The molecular formula is C9H11ClN2O3S. The Morgan fingerprint density at radius 1 is 1.50 bits per heavy atom. The quantitative estimate of drug-likeness (QED) is 0.831. The molecule has 0 bridgehead atoms. The lowest BCUT2D eigenvalue weighted by Crippen LogP contribution is -2.33. The fraction of sp³-hybridized carbons (Fsp3) is 0.333. The van der Waals surface area contributed by atoms with Crippen LogP contribution in [0.25, 0.3) is 0 Å². The van der Waals surface area contributed by atoms with E-state index >= 15 is 0 Å². The summed E-state index contributed by atoms with van der Waals surface area (Å²) in [5.74, 6) is -1.01. The Hall–Kier alpha value is -1.14. The molecule has 0 unspecified atom stereocenters. The Balaban J connectivity index is 3.05. The molecule has 0 saturated heterocycles. The van der Waals surface area contributed by atoms with Crippen LogP contribution in [0, 0.1) is 5.92 Å². The maximum Gasteiger partial charge on any atom is 0.267 e. The van der Waals surface area contributed by atoms with Crippen molar-refractivity contribution in [1.29, 1.82) is 0 Å². The molecule has 88 valence electrons. The van der Waals surface area contributed by atoms with Gasteiger partial charge in [-0.2, -0.15) is 0 Å². The molecular weight excluding hydrogens is 252 g/mol. The van der Waals surface area contributed by atoms with E-state index in [4.69, 9.17) is 11.6 Å². The van der Waals surface area contributed by atoms with E-state index in [1.807, 2.05) is 4.72 Å². The molecule has 0 aromatic carbocycles. The van der Waals surface area contributed by atoms with Crippen molar-refractivity contribution < 1.29 is 13.2 Å². The van der Waals surface area contributed by atoms with Crippen LogP contribution in [-0.4, -0.2) is 19.3 Å². The molecule has 1 aromatic heterocycles. The smallest absolute Gasteiger partial charge is 0.267 e. The van der Waals surface area contributed by atoms with Gasteiger partial charge in [0.05, 0.1) is 0 Å². The highest BCUT2D eigenvalue weighted by Gasteiger charge is 2.22. The summed E-state index contributed by atoms with van der Waals surface area (Å²) in [6.45, 7) is 3.19. The molecule has 0 atom stereocenters. The van der Waals surface area contributed by atoms with Crippen LogP contribution < -0.4 is 4.72 Å². The number of nitrogens with one attached hydrogen (secondary N) is 1. The van der Waals surface area contributed by atoms with Gasteiger partial charge in [0.15, 0.2) is 0 Å². The van der Waals surface area contributed by atoms with Gasteiger partial charge in [0.25, 0.3) is 10.0 Å². The van der Waals surface area contributed by atoms with Crippen molar-refractivity contribution in [3.05, 3.63) is 23.5 Å². The van der Waals surface area contributed by atoms with E-state index in [0.717, 1.165) is 0 Å². The highest BCUT2D eigenvalue weighted by molar-refractivity contribution is 7.90. The summed E-state index contributed by atoms with van der Waals surface area (Å²) in [6.07, 6.45) is 1.37. The first kappa shape index (κ1) is 12.9. The first-order chi connectivity index (χ1) is 7.34. The number of pyridine rings is 1. The zero-order chi connectivity index (χ0) is 12.3. The lowest BCUT2D eigenvalue weighted by molar-refractivity contribution is -0.122. The Bertz CT molecular complexity index is 499. The van der Waals surface area contributed by atoms with Gasteiger partial charge in [0.1, 0.15) is 10.0 Å². The summed E-state index contributed by atoms with van der Waals surface area (Å²) in [5.41, 5.74) is 0. The van der Waals surface area contributed by atoms with Crippen molar-refractivity contribution in [2.24, 2.45) is 5.92 Å². The lowest BCUT2D eigenvalue weighted by Gasteiger charge is -2.09. The number of carbonyl (C=O) groups excluding carboxylic acids is 1. The zero-order valence-corrected chi connectivity index (χ0v) is 10.3. The van der Waals surface area contributed by atoms with E-state index < -0.39 is 21.8 Å². The molecule has 7 heteroatoms. The average Bonchev–Trinajstić information content (AvgIpc) is 2.17. The minimum Gasteiger partial charge on any atom is -0.274 e. The third kappa shape index (κ3) is 2.93. The van der Waals surface area contributed by atoms with Gasteiger partial charge < -0.3 is 0 Å². The van der Waals surface area contributed by atoms with E-state index in [1.54, 1.807) is 13.8 Å². The first-order valence-corrected chi connectivity index (χ1v) is 6.38. The summed E-state index contributed by atoms with van der Waals surface area (Å²) in [7, 11) is -3.93. The van der Waals surface area contributed by atoms with E-state index in [9.17, 15) is 13.2 Å². The highest BCUT2D eigenvalue weighted by Crippen LogP contribution is 2.17. The molecule has 0 aliphatic carbocycles. The molecule has 0 aliphatic rings. The lowest BCUT2D eigenvalue weighted by atomic mass is 10.2. The van der Waals surface area contributed by atoms with Crippen molar-refractivity contribution in [2.75, 3.05) is 0 Å². The molecule has 1 N–H and O–H groups in total. The Morgan fingerprint density at radius 3 is 2.62 bits per heavy atom. The van der Waals surface area contributed by atoms with Crippen LogP contribution in [0.4, 0.5) is 0 Å². The third-order valence-corrected chi connectivity index (χ3v) is 3.57. The van der Waals surface area contributed by atoms with E-state index in [-0.39, 0.29) is 10.0 Å². The van der Waals surface area contributed by atoms with Crippen LogP contribution in [-0.2, 0) is 14.8 Å². The van der Waals surface area contributed by atoms with Crippen LogP contribution >= 0.6 is 11.6 Å². The van der Waals surface area contributed by atoms with E-state index in [1.165, 1.54) is 18.3 Å². The van der Waals surface area contributed by atoms with Gasteiger partial charge in [0.2, 0.25) is 5.91 Å². The summed E-state index contributed by atoms with van der Waals surface area (Å²) in [6, 6.07) is 2.71. The number of halogens is 1. The Kier molecular flexibility index (Phi) is 3.88. The second-order valence-electron chi connectivity index (χ2n) is 3.42. The van der Waals surface area contributed by atoms with Gasteiger partial charge in [-0.1, -0.05) is 25.4 Å². The average molecular weight is 263 g/mol. The number of carbonyl (C=O) groups is 1. The van der Waals surface area contributed by atoms with Gasteiger partial charge in [-0.25, -0.2) is 18.1 Å². The molecule has 1 amide bonds. The van der Waals surface area contributed by atoms with Crippen molar-refractivity contribution >= 4 is 27.5 Å². The summed E-state index contributed by atoms with van der Waals surface area (Å²) in [4.78, 5) is 14.7. The molecule has 1 heterocycles. The van der Waals surface area contributed by atoms with Crippen LogP contribution in [0.3, 0.4) is 0 Å². The molecule has 0 radical (unpaired) electrons. The van der Waals surface area contributed by atoms with Crippen LogP contribution in [0.15, 0.2) is 23.2 Å². The van der Waals surface area contributed by atoms with E-state index in [2.05, 4.69) is 4.98 Å². The van der Waals surface area contributed by atoms with Gasteiger partial charge >= 0.3 is 0 Å². The van der Waals surface area contributed by atoms with Crippen molar-refractivity contribution in [2.45, 2.75) is 18.7 Å². The molecule has 5 nitrogen and oxygen atoms in total. The molecule has 1 rings (SSSR count). The molecule has 0 saturated carbocycles. The first-order valence-electron chi connectivity index (χ1n) is 4.52. The van der Waals surface area contributed by atoms with Gasteiger partial charge in [0, 0.05) is 12.1 Å². The number of aromatic nitrogens is 1. The number of hydrogen-bond donors (Lipinski definition) is 1. The second kappa shape index (κ2) is 4.80. The maximum absolute atomic E-state index is 11.7. The van der Waals surface area contributed by atoms with E-state index in [0.29, 0.717) is 0 Å². The van der Waals surface area contributed by atoms with Crippen molar-refractivity contribution in [3.8, 4) is 0 Å². The summed E-state index contributed by atoms with van der Waals surface area (Å²) in [5, 5.41) is -0.161. The van der Waals surface area contributed by atoms with Gasteiger partial charge in [-0.15, -0.1) is 0 Å². The normalized spacial score (nSPS) is 11.5. The summed E-state index contributed by atoms with van der Waals surface area (Å²) >= 11 is 5.63. The number of amides is 1. The van der Waals surface area contributed by atoms with Crippen molar-refractivity contribution in [1.82, 2.24) is 9.71 Å². The van der Waals surface area contributed by atoms with Gasteiger partial charge in [-0.3, -0.25) is 4.79 Å². The predicted molar refractivity (Wildman–Crippen MR) is 59.4 cm³/mol. The Labute approximate surface area is 98.9 Å². The second-order valence-corrected chi connectivity index (χ2v) is 5.43. The SMILES string of the molecule is CC(C)C(=O)NS(=O)(=O)c1cccnc1Cl. The summed E-state index contributed by atoms with van der Waals surface area (Å²) < 4.78 is 25.3. The number of sulfonamides is 1. The zero-order valence-electron chi connectivity index (χ0n) is 8.77. The predicted octanol–water partition coefficient (Wildman–Crippen LogP) is 1.20. The third-order valence-electron chi connectivity index (χ3n) is 1.77. The largest absolute Gasteiger partial charge is 0.274 e. The minimum absolute atomic E-state index is 0.161. The molecule has 16 heavy (non-hydrogen) atoms. The highest BCUT2D eigenvalue weighted by atomic mass is 35.5. The number of rotatable bonds is 3. The monoisotopic (exact) mass is 262 g/mol.